The van der Waals surface area contributed by atoms with Crippen molar-refractivity contribution in [3.05, 3.63) is 51.9 Å². The van der Waals surface area contributed by atoms with E-state index in [0.717, 1.165) is 0 Å². The molecule has 2 aromatic heterocycles. The molecule has 0 fully saturated rings. The fraction of sp³-hybridized carbons (Fsp3) is 0.0909. The van der Waals surface area contributed by atoms with Gasteiger partial charge in [-0.1, -0.05) is 11.6 Å². The first-order valence-corrected chi connectivity index (χ1v) is 5.42. The van der Waals surface area contributed by atoms with Crippen molar-refractivity contribution >= 4 is 28.8 Å². The van der Waals surface area contributed by atoms with Crippen molar-refractivity contribution in [2.75, 3.05) is 11.9 Å². The molecule has 18 heavy (non-hydrogen) atoms. The van der Waals surface area contributed by atoms with Crippen molar-refractivity contribution in [1.82, 2.24) is 9.97 Å². The van der Waals surface area contributed by atoms with Crippen LogP contribution in [0.25, 0.3) is 0 Å². The van der Waals surface area contributed by atoms with Crippen LogP contribution in [0.2, 0.25) is 5.15 Å². The van der Waals surface area contributed by atoms with Gasteiger partial charge in [-0.3, -0.25) is 0 Å². The van der Waals surface area contributed by atoms with Gasteiger partial charge in [0.2, 0.25) is 0 Å². The smallest absolute Gasteiger partial charge is 0.358 e. The molecule has 0 aliphatic heterocycles. The third-order valence-corrected chi connectivity index (χ3v) is 2.69. The number of hydrogen-bond acceptors (Lipinski definition) is 5. The Kier molecular flexibility index (Phi) is 3.38. The molecule has 7 heteroatoms. The molecule has 92 valence electrons. The highest BCUT2D eigenvalue weighted by molar-refractivity contribution is 6.32. The van der Waals surface area contributed by atoms with E-state index >= 15 is 0 Å². The van der Waals surface area contributed by atoms with Gasteiger partial charge in [-0.15, -0.1) is 0 Å². The molecular weight excluding hydrogens is 256 g/mol. The van der Waals surface area contributed by atoms with Gasteiger partial charge in [0.05, 0.1) is 5.69 Å². The molecule has 0 N–H and O–H groups in total. The van der Waals surface area contributed by atoms with Crippen molar-refractivity contribution in [1.29, 1.82) is 0 Å². The minimum atomic E-state index is -0.532. The van der Waals surface area contributed by atoms with Gasteiger partial charge in [0.1, 0.15) is 11.9 Å². The van der Waals surface area contributed by atoms with Gasteiger partial charge in [0.25, 0.3) is 0 Å². The zero-order valence-electron chi connectivity index (χ0n) is 9.45. The van der Waals surface area contributed by atoms with Crippen molar-refractivity contribution in [2.45, 2.75) is 0 Å². The van der Waals surface area contributed by atoms with E-state index in [-0.39, 0.29) is 11.0 Å². The maximum absolute atomic E-state index is 10.9. The summed E-state index contributed by atoms with van der Waals surface area (Å²) in [6.45, 7) is 0. The van der Waals surface area contributed by atoms with Gasteiger partial charge in [-0.05, 0) is 34.2 Å². The van der Waals surface area contributed by atoms with Gasteiger partial charge in [-0.25, -0.2) is 4.98 Å². The molecular formula is C11H9ClN4O2. The third-order valence-electron chi connectivity index (χ3n) is 2.40. The van der Waals surface area contributed by atoms with Crippen LogP contribution in [0.1, 0.15) is 0 Å². The predicted molar refractivity (Wildman–Crippen MR) is 68.2 cm³/mol. The molecule has 0 spiro atoms. The molecule has 0 aliphatic carbocycles. The standard InChI is InChI=1S/C11H9ClN4O2/c1-15(8-4-2-6-13-10(8)12)9-5-3-7-14-11(9)16(17)18/h2-7H,1H3. The van der Waals surface area contributed by atoms with Crippen LogP contribution in [0.15, 0.2) is 36.7 Å². The van der Waals surface area contributed by atoms with Gasteiger partial charge in [0.15, 0.2) is 5.15 Å². The second kappa shape index (κ2) is 4.97. The highest BCUT2D eigenvalue weighted by Gasteiger charge is 2.20. The second-order valence-electron chi connectivity index (χ2n) is 3.48. The normalized spacial score (nSPS) is 10.1. The van der Waals surface area contributed by atoms with Crippen molar-refractivity contribution < 1.29 is 4.92 Å². The van der Waals surface area contributed by atoms with Crippen LogP contribution in [0.3, 0.4) is 0 Å². The Morgan fingerprint density at radius 1 is 1.22 bits per heavy atom. The van der Waals surface area contributed by atoms with Gasteiger partial charge >= 0.3 is 5.82 Å². The summed E-state index contributed by atoms with van der Waals surface area (Å²) in [7, 11) is 1.67. The summed E-state index contributed by atoms with van der Waals surface area (Å²) in [6, 6.07) is 6.67. The quantitative estimate of drug-likeness (QED) is 0.484. The fourth-order valence-corrected chi connectivity index (χ4v) is 1.79. The lowest BCUT2D eigenvalue weighted by Gasteiger charge is -2.19. The Hall–Kier alpha value is -2.21. The first-order valence-electron chi connectivity index (χ1n) is 5.05. The molecule has 0 amide bonds. The zero-order valence-corrected chi connectivity index (χ0v) is 10.2. The highest BCUT2D eigenvalue weighted by Crippen LogP contribution is 2.33. The third kappa shape index (κ3) is 2.23. The molecule has 0 unspecified atom stereocenters. The van der Waals surface area contributed by atoms with Crippen LogP contribution in [0.5, 0.6) is 0 Å². The van der Waals surface area contributed by atoms with Crippen LogP contribution in [-0.2, 0) is 0 Å². The largest absolute Gasteiger partial charge is 0.387 e. The Labute approximate surface area is 108 Å². The maximum Gasteiger partial charge on any atom is 0.387 e. The first-order chi connectivity index (χ1) is 8.61. The lowest BCUT2D eigenvalue weighted by molar-refractivity contribution is -0.388. The Morgan fingerprint density at radius 2 is 1.83 bits per heavy atom. The zero-order chi connectivity index (χ0) is 13.1. The number of nitro groups is 1. The summed E-state index contributed by atoms with van der Waals surface area (Å²) in [5.41, 5.74) is 0.938. The number of aromatic nitrogens is 2. The van der Waals surface area contributed by atoms with E-state index in [2.05, 4.69) is 9.97 Å². The molecule has 2 heterocycles. The number of halogens is 1. The Morgan fingerprint density at radius 3 is 2.44 bits per heavy atom. The molecule has 0 radical (unpaired) electrons. The van der Waals surface area contributed by atoms with E-state index in [1.165, 1.54) is 6.20 Å². The molecule has 0 bridgehead atoms. The molecule has 2 aromatic rings. The number of rotatable bonds is 3. The van der Waals surface area contributed by atoms with Crippen LogP contribution in [-0.4, -0.2) is 21.9 Å². The minimum absolute atomic E-state index is 0.222. The van der Waals surface area contributed by atoms with Crippen LogP contribution >= 0.6 is 11.6 Å². The summed E-state index contributed by atoms with van der Waals surface area (Å²) in [5, 5.41) is 11.2. The van der Waals surface area contributed by atoms with Crippen molar-refractivity contribution in [3.63, 3.8) is 0 Å². The van der Waals surface area contributed by atoms with Crippen LogP contribution in [0.4, 0.5) is 17.2 Å². The molecule has 0 aromatic carbocycles. The average molecular weight is 265 g/mol. The molecule has 6 nitrogen and oxygen atoms in total. The average Bonchev–Trinajstić information content (AvgIpc) is 2.38. The summed E-state index contributed by atoms with van der Waals surface area (Å²) in [4.78, 5) is 19.6. The van der Waals surface area contributed by atoms with Crippen LogP contribution < -0.4 is 4.90 Å². The Bertz CT molecular complexity index is 591. The summed E-state index contributed by atoms with van der Waals surface area (Å²) < 4.78 is 0. The summed E-state index contributed by atoms with van der Waals surface area (Å²) in [6.07, 6.45) is 2.93. The molecule has 0 saturated carbocycles. The number of nitrogens with zero attached hydrogens (tertiary/aromatic N) is 4. The summed E-state index contributed by atoms with van der Waals surface area (Å²) in [5.74, 6) is -0.222. The van der Waals surface area contributed by atoms with Crippen molar-refractivity contribution in [2.24, 2.45) is 0 Å². The SMILES string of the molecule is CN(c1cccnc1Cl)c1cccnc1[N+](=O)[O-]. The van der Waals surface area contributed by atoms with Gasteiger partial charge in [0, 0.05) is 13.2 Å². The first kappa shape index (κ1) is 12.3. The second-order valence-corrected chi connectivity index (χ2v) is 3.83. The van der Waals surface area contributed by atoms with E-state index in [4.69, 9.17) is 11.6 Å². The molecule has 2 rings (SSSR count). The fourth-order valence-electron chi connectivity index (χ4n) is 1.55. The topological polar surface area (TPSA) is 72.2 Å². The lowest BCUT2D eigenvalue weighted by Crippen LogP contribution is -2.13. The number of hydrogen-bond donors (Lipinski definition) is 0. The van der Waals surface area contributed by atoms with E-state index in [0.29, 0.717) is 11.4 Å². The van der Waals surface area contributed by atoms with Crippen LogP contribution in [0, 0.1) is 10.1 Å². The van der Waals surface area contributed by atoms with E-state index in [1.54, 1.807) is 42.4 Å². The summed E-state index contributed by atoms with van der Waals surface area (Å²) >= 11 is 5.96. The van der Waals surface area contributed by atoms with E-state index < -0.39 is 4.92 Å². The van der Waals surface area contributed by atoms with Gasteiger partial charge in [-0.2, -0.15) is 0 Å². The molecule has 0 saturated heterocycles. The molecule has 0 atom stereocenters. The lowest BCUT2D eigenvalue weighted by atomic mass is 10.3. The minimum Gasteiger partial charge on any atom is -0.358 e. The monoisotopic (exact) mass is 264 g/mol. The number of pyridine rings is 2. The predicted octanol–water partition coefficient (Wildman–Crippen LogP) is 2.81. The van der Waals surface area contributed by atoms with Crippen molar-refractivity contribution in [3.8, 4) is 0 Å². The maximum atomic E-state index is 10.9. The van der Waals surface area contributed by atoms with E-state index in [1.807, 2.05) is 0 Å². The molecule has 0 aliphatic rings. The van der Waals surface area contributed by atoms with E-state index in [9.17, 15) is 10.1 Å². The van der Waals surface area contributed by atoms with Gasteiger partial charge < -0.3 is 15.0 Å². The Balaban J connectivity index is 2.50. The highest BCUT2D eigenvalue weighted by atomic mass is 35.5. The number of anilines is 2.